The fourth-order valence-electron chi connectivity index (χ4n) is 1.82. The molecule has 3 aromatic rings. The molecule has 3 rings (SSSR count). The predicted molar refractivity (Wildman–Crippen MR) is 73.0 cm³/mol. The number of para-hydroxylation sites is 2. The molecule has 0 aliphatic carbocycles. The molecule has 96 valence electrons. The van der Waals surface area contributed by atoms with E-state index in [0.29, 0.717) is 11.5 Å². The summed E-state index contributed by atoms with van der Waals surface area (Å²) in [6, 6.07) is 12.3. The van der Waals surface area contributed by atoms with E-state index < -0.39 is 0 Å². The molecule has 0 saturated heterocycles. The Morgan fingerprint density at radius 3 is 2.95 bits per heavy atom. The molecular formula is C14H9N5O. The van der Waals surface area contributed by atoms with Gasteiger partial charge in [0.25, 0.3) is 5.91 Å². The number of aromatic amines is 1. The van der Waals surface area contributed by atoms with Crippen molar-refractivity contribution in [3.8, 4) is 6.07 Å². The number of anilines is 1. The predicted octanol–water partition coefficient (Wildman–Crippen LogP) is 2.08. The Bertz CT molecular complexity index is 798. The Balaban J connectivity index is 1.86. The molecule has 1 amide bonds. The summed E-state index contributed by atoms with van der Waals surface area (Å²) in [6.45, 7) is 0. The second-order valence-corrected chi connectivity index (χ2v) is 4.10. The zero-order chi connectivity index (χ0) is 13.9. The van der Waals surface area contributed by atoms with E-state index in [9.17, 15) is 4.79 Å². The summed E-state index contributed by atoms with van der Waals surface area (Å²) < 4.78 is 0. The van der Waals surface area contributed by atoms with Crippen LogP contribution in [0.25, 0.3) is 11.0 Å². The van der Waals surface area contributed by atoms with Gasteiger partial charge in [0.2, 0.25) is 5.95 Å². The Labute approximate surface area is 114 Å². The summed E-state index contributed by atoms with van der Waals surface area (Å²) in [4.78, 5) is 23.1. The highest BCUT2D eigenvalue weighted by atomic mass is 16.1. The molecular weight excluding hydrogens is 254 g/mol. The minimum atomic E-state index is -0.344. The summed E-state index contributed by atoms with van der Waals surface area (Å²) in [7, 11) is 0. The number of carbonyl (C=O) groups excluding carboxylic acids is 1. The number of rotatable bonds is 2. The van der Waals surface area contributed by atoms with Crippen LogP contribution in [0.3, 0.4) is 0 Å². The molecule has 6 nitrogen and oxygen atoms in total. The highest BCUT2D eigenvalue weighted by molar-refractivity contribution is 6.04. The number of carbonyl (C=O) groups is 1. The Hall–Kier alpha value is -3.20. The van der Waals surface area contributed by atoms with Gasteiger partial charge >= 0.3 is 0 Å². The largest absolute Gasteiger partial charge is 0.324 e. The minimum absolute atomic E-state index is 0.197. The van der Waals surface area contributed by atoms with Crippen LogP contribution in [-0.4, -0.2) is 20.9 Å². The maximum absolute atomic E-state index is 12.1. The van der Waals surface area contributed by atoms with E-state index in [0.717, 1.165) is 11.0 Å². The van der Waals surface area contributed by atoms with Crippen LogP contribution >= 0.6 is 0 Å². The van der Waals surface area contributed by atoms with Crippen molar-refractivity contribution in [2.24, 2.45) is 0 Å². The van der Waals surface area contributed by atoms with E-state index in [1.54, 1.807) is 6.07 Å². The van der Waals surface area contributed by atoms with Gasteiger partial charge in [0.1, 0.15) is 11.8 Å². The van der Waals surface area contributed by atoms with E-state index in [2.05, 4.69) is 20.3 Å². The van der Waals surface area contributed by atoms with Gasteiger partial charge in [0.05, 0.1) is 11.0 Å². The number of hydrogen-bond donors (Lipinski definition) is 2. The second kappa shape index (κ2) is 4.82. The normalized spacial score (nSPS) is 10.2. The van der Waals surface area contributed by atoms with Crippen molar-refractivity contribution in [1.82, 2.24) is 15.0 Å². The average molecular weight is 263 g/mol. The van der Waals surface area contributed by atoms with E-state index in [1.807, 2.05) is 30.3 Å². The van der Waals surface area contributed by atoms with Gasteiger partial charge in [-0.25, -0.2) is 9.97 Å². The quantitative estimate of drug-likeness (QED) is 0.740. The van der Waals surface area contributed by atoms with E-state index in [4.69, 9.17) is 5.26 Å². The molecule has 0 fully saturated rings. The molecule has 2 N–H and O–H groups in total. The lowest BCUT2D eigenvalue weighted by atomic mass is 10.2. The van der Waals surface area contributed by atoms with Crippen LogP contribution in [0.15, 0.2) is 42.6 Å². The summed E-state index contributed by atoms with van der Waals surface area (Å²) in [5, 5.41) is 11.4. The second-order valence-electron chi connectivity index (χ2n) is 4.10. The summed E-state index contributed by atoms with van der Waals surface area (Å²) in [5.41, 5.74) is 2.17. The van der Waals surface area contributed by atoms with Gasteiger partial charge in [-0.3, -0.25) is 10.1 Å². The molecule has 2 aromatic heterocycles. The van der Waals surface area contributed by atoms with Gasteiger partial charge in [0.15, 0.2) is 0 Å². The average Bonchev–Trinajstić information content (AvgIpc) is 2.89. The van der Waals surface area contributed by atoms with E-state index in [-0.39, 0.29) is 11.6 Å². The highest BCUT2D eigenvalue weighted by Gasteiger charge is 2.10. The van der Waals surface area contributed by atoms with Gasteiger partial charge in [0, 0.05) is 11.8 Å². The SMILES string of the molecule is N#Cc1cc(C(=O)Nc2nc3ccccc3[nH]2)ccn1. The summed E-state index contributed by atoms with van der Waals surface area (Å²) in [5.74, 6) is 0.0227. The first-order valence-corrected chi connectivity index (χ1v) is 5.88. The molecule has 0 saturated carbocycles. The maximum Gasteiger partial charge on any atom is 0.258 e. The molecule has 0 aliphatic heterocycles. The fraction of sp³-hybridized carbons (Fsp3) is 0. The van der Waals surface area contributed by atoms with Gasteiger partial charge < -0.3 is 4.98 Å². The lowest BCUT2D eigenvalue weighted by Gasteiger charge is -2.01. The monoisotopic (exact) mass is 263 g/mol. The minimum Gasteiger partial charge on any atom is -0.324 e. The summed E-state index contributed by atoms with van der Waals surface area (Å²) in [6.07, 6.45) is 1.42. The van der Waals surface area contributed by atoms with Crippen LogP contribution in [0.4, 0.5) is 5.95 Å². The van der Waals surface area contributed by atoms with Crippen molar-refractivity contribution in [2.45, 2.75) is 0 Å². The standard InChI is InChI=1S/C14H9N5O/c15-8-10-7-9(5-6-16-10)13(20)19-14-17-11-3-1-2-4-12(11)18-14/h1-7H,(H2,17,18,19,20). The third-order valence-corrected chi connectivity index (χ3v) is 2.76. The van der Waals surface area contributed by atoms with Crippen LogP contribution < -0.4 is 5.32 Å². The molecule has 2 heterocycles. The van der Waals surface area contributed by atoms with Crippen molar-refractivity contribution >= 4 is 22.9 Å². The van der Waals surface area contributed by atoms with Gasteiger partial charge in [-0.2, -0.15) is 5.26 Å². The van der Waals surface area contributed by atoms with Gasteiger partial charge in [-0.05, 0) is 24.3 Å². The maximum atomic E-state index is 12.1. The number of pyridine rings is 1. The van der Waals surface area contributed by atoms with Crippen molar-refractivity contribution < 1.29 is 4.79 Å². The van der Waals surface area contributed by atoms with Crippen LogP contribution in [-0.2, 0) is 0 Å². The van der Waals surface area contributed by atoms with E-state index >= 15 is 0 Å². The number of hydrogen-bond acceptors (Lipinski definition) is 4. The van der Waals surface area contributed by atoms with Gasteiger partial charge in [-0.1, -0.05) is 12.1 Å². The van der Waals surface area contributed by atoms with Crippen molar-refractivity contribution in [2.75, 3.05) is 5.32 Å². The Kier molecular flexibility index (Phi) is 2.86. The number of nitriles is 1. The summed E-state index contributed by atoms with van der Waals surface area (Å²) >= 11 is 0. The third kappa shape index (κ3) is 2.20. The molecule has 0 spiro atoms. The lowest BCUT2D eigenvalue weighted by Crippen LogP contribution is -2.13. The first-order chi connectivity index (χ1) is 9.76. The number of amides is 1. The molecule has 20 heavy (non-hydrogen) atoms. The Morgan fingerprint density at radius 2 is 2.15 bits per heavy atom. The number of nitrogens with one attached hydrogen (secondary N) is 2. The number of benzene rings is 1. The van der Waals surface area contributed by atoms with Crippen LogP contribution in [0.1, 0.15) is 16.1 Å². The number of imidazole rings is 1. The van der Waals surface area contributed by atoms with Crippen molar-refractivity contribution in [3.05, 3.63) is 53.9 Å². The number of fused-ring (bicyclic) bond motifs is 1. The van der Waals surface area contributed by atoms with E-state index in [1.165, 1.54) is 12.3 Å². The molecule has 0 unspecified atom stereocenters. The van der Waals surface area contributed by atoms with Crippen LogP contribution in [0.5, 0.6) is 0 Å². The Morgan fingerprint density at radius 1 is 1.30 bits per heavy atom. The molecule has 0 radical (unpaired) electrons. The smallest absolute Gasteiger partial charge is 0.258 e. The molecule has 1 aromatic carbocycles. The molecule has 0 bridgehead atoms. The first kappa shape index (κ1) is 11.9. The first-order valence-electron chi connectivity index (χ1n) is 5.88. The number of H-pyrrole nitrogens is 1. The zero-order valence-electron chi connectivity index (χ0n) is 10.3. The highest BCUT2D eigenvalue weighted by Crippen LogP contribution is 2.14. The van der Waals surface area contributed by atoms with Crippen LogP contribution in [0.2, 0.25) is 0 Å². The fourth-order valence-corrected chi connectivity index (χ4v) is 1.82. The zero-order valence-corrected chi connectivity index (χ0v) is 10.3. The van der Waals surface area contributed by atoms with Crippen molar-refractivity contribution in [1.29, 1.82) is 5.26 Å². The molecule has 0 atom stereocenters. The number of nitrogens with zero attached hydrogens (tertiary/aromatic N) is 3. The van der Waals surface area contributed by atoms with Crippen molar-refractivity contribution in [3.63, 3.8) is 0 Å². The molecule has 6 heteroatoms. The van der Waals surface area contributed by atoms with Gasteiger partial charge in [-0.15, -0.1) is 0 Å². The third-order valence-electron chi connectivity index (χ3n) is 2.76. The molecule has 0 aliphatic rings. The van der Waals surface area contributed by atoms with Crippen LogP contribution in [0, 0.1) is 11.3 Å². The number of aromatic nitrogens is 3. The topological polar surface area (TPSA) is 94.5 Å². The lowest BCUT2D eigenvalue weighted by molar-refractivity contribution is 0.102.